The Morgan fingerprint density at radius 3 is 3.04 bits per heavy atom. The minimum absolute atomic E-state index is 0.0531. The third kappa shape index (κ3) is 3.88. The molecule has 3 rings (SSSR count). The Hall–Kier alpha value is -2.38. The molecule has 0 spiro atoms. The Balaban J connectivity index is 1.37. The highest BCUT2D eigenvalue weighted by Gasteiger charge is 2.17. The third-order valence-electron chi connectivity index (χ3n) is 4.17. The summed E-state index contributed by atoms with van der Waals surface area (Å²) in [6, 6.07) is 0. The van der Waals surface area contributed by atoms with Gasteiger partial charge in [0.05, 0.1) is 5.69 Å². The van der Waals surface area contributed by atoms with Crippen molar-refractivity contribution in [2.24, 2.45) is 7.05 Å². The summed E-state index contributed by atoms with van der Waals surface area (Å²) in [5.74, 6) is 0.750. The molecule has 8 nitrogen and oxygen atoms in total. The van der Waals surface area contributed by atoms with Gasteiger partial charge < -0.3 is 10.6 Å². The van der Waals surface area contributed by atoms with Gasteiger partial charge in [0.2, 0.25) is 11.9 Å². The van der Waals surface area contributed by atoms with Crippen LogP contribution in [-0.2, 0) is 31.1 Å². The maximum absolute atomic E-state index is 11.9. The van der Waals surface area contributed by atoms with Crippen LogP contribution in [0.1, 0.15) is 36.2 Å². The number of aromatic amines is 1. The molecule has 124 valence electrons. The summed E-state index contributed by atoms with van der Waals surface area (Å²) >= 11 is 0. The fourth-order valence-corrected chi connectivity index (χ4v) is 2.91. The van der Waals surface area contributed by atoms with Gasteiger partial charge in [0, 0.05) is 38.7 Å². The second kappa shape index (κ2) is 7.26. The SMILES string of the molecule is Cn1ncnc1NCCNC(=O)CCc1n[nH]c2c1CCCC2. The molecule has 0 unspecified atom stereocenters. The Morgan fingerprint density at radius 2 is 2.22 bits per heavy atom. The zero-order valence-corrected chi connectivity index (χ0v) is 13.4. The summed E-state index contributed by atoms with van der Waals surface area (Å²) in [5.41, 5.74) is 3.67. The molecule has 0 bridgehead atoms. The molecule has 3 N–H and O–H groups in total. The molecule has 0 saturated carbocycles. The molecular formula is C15H23N7O. The van der Waals surface area contributed by atoms with Gasteiger partial charge in [0.1, 0.15) is 6.33 Å². The van der Waals surface area contributed by atoms with E-state index in [9.17, 15) is 4.79 Å². The first-order valence-electron chi connectivity index (χ1n) is 8.13. The van der Waals surface area contributed by atoms with Crippen molar-refractivity contribution in [3.8, 4) is 0 Å². The number of carbonyl (C=O) groups excluding carboxylic acids is 1. The maximum Gasteiger partial charge on any atom is 0.220 e. The molecule has 1 aliphatic carbocycles. The molecule has 0 aromatic carbocycles. The lowest BCUT2D eigenvalue weighted by Gasteiger charge is -2.11. The van der Waals surface area contributed by atoms with Crippen LogP contribution in [0, 0.1) is 0 Å². The van der Waals surface area contributed by atoms with Gasteiger partial charge in [-0.2, -0.15) is 15.2 Å². The van der Waals surface area contributed by atoms with E-state index < -0.39 is 0 Å². The van der Waals surface area contributed by atoms with Crippen LogP contribution in [-0.4, -0.2) is 44.0 Å². The normalized spacial score (nSPS) is 13.6. The number of hydrogen-bond acceptors (Lipinski definition) is 5. The number of carbonyl (C=O) groups is 1. The highest BCUT2D eigenvalue weighted by atomic mass is 16.1. The van der Waals surface area contributed by atoms with Gasteiger partial charge in [-0.15, -0.1) is 0 Å². The number of rotatable bonds is 7. The Labute approximate surface area is 135 Å². The highest BCUT2D eigenvalue weighted by Crippen LogP contribution is 2.22. The number of amides is 1. The second-order valence-corrected chi connectivity index (χ2v) is 5.82. The van der Waals surface area contributed by atoms with Crippen LogP contribution in [0.2, 0.25) is 0 Å². The quantitative estimate of drug-likeness (QED) is 0.649. The van der Waals surface area contributed by atoms with Gasteiger partial charge in [-0.05, 0) is 31.2 Å². The molecular weight excluding hydrogens is 294 g/mol. The topological polar surface area (TPSA) is 101 Å². The first kappa shape index (κ1) is 15.5. The average Bonchev–Trinajstić information content (AvgIpc) is 3.16. The molecule has 0 fully saturated rings. The summed E-state index contributed by atoms with van der Waals surface area (Å²) in [7, 11) is 1.82. The molecule has 0 aliphatic heterocycles. The van der Waals surface area contributed by atoms with E-state index in [-0.39, 0.29) is 5.91 Å². The number of nitrogens with one attached hydrogen (secondary N) is 3. The summed E-state index contributed by atoms with van der Waals surface area (Å²) in [6.07, 6.45) is 7.29. The standard InChI is InChI=1S/C15H23N7O/c1-22-15(18-10-19-22)17-9-8-16-14(23)7-6-13-11-4-2-3-5-12(11)20-21-13/h10H,2-9H2,1H3,(H,16,23)(H,20,21)(H,17,18,19). The first-order valence-corrected chi connectivity index (χ1v) is 8.13. The lowest BCUT2D eigenvalue weighted by molar-refractivity contribution is -0.120. The number of anilines is 1. The smallest absolute Gasteiger partial charge is 0.220 e. The molecule has 1 amide bonds. The molecule has 2 aromatic heterocycles. The van der Waals surface area contributed by atoms with Crippen LogP contribution >= 0.6 is 0 Å². The van der Waals surface area contributed by atoms with E-state index in [1.165, 1.54) is 30.4 Å². The van der Waals surface area contributed by atoms with Gasteiger partial charge in [-0.3, -0.25) is 9.89 Å². The predicted octanol–water partition coefficient (Wildman–Crippen LogP) is 0.578. The lowest BCUT2D eigenvalue weighted by atomic mass is 9.95. The molecule has 2 heterocycles. The highest BCUT2D eigenvalue weighted by molar-refractivity contribution is 5.76. The molecule has 0 saturated heterocycles. The van der Waals surface area contributed by atoms with Crippen LogP contribution in [0.3, 0.4) is 0 Å². The van der Waals surface area contributed by atoms with Crippen molar-refractivity contribution in [2.75, 3.05) is 18.4 Å². The van der Waals surface area contributed by atoms with Crippen LogP contribution in [0.5, 0.6) is 0 Å². The Kier molecular flexibility index (Phi) is 4.89. The number of nitrogens with zero attached hydrogens (tertiary/aromatic N) is 4. The zero-order chi connectivity index (χ0) is 16.1. The molecule has 1 aliphatic rings. The Morgan fingerprint density at radius 1 is 1.35 bits per heavy atom. The van der Waals surface area contributed by atoms with Crippen LogP contribution < -0.4 is 10.6 Å². The van der Waals surface area contributed by atoms with E-state index in [1.54, 1.807) is 4.68 Å². The predicted molar refractivity (Wildman–Crippen MR) is 86.1 cm³/mol. The monoisotopic (exact) mass is 317 g/mol. The van der Waals surface area contributed by atoms with Gasteiger partial charge in [0.25, 0.3) is 0 Å². The van der Waals surface area contributed by atoms with E-state index in [0.717, 1.165) is 18.5 Å². The van der Waals surface area contributed by atoms with Gasteiger partial charge in [-0.1, -0.05) is 0 Å². The number of fused-ring (bicyclic) bond motifs is 1. The van der Waals surface area contributed by atoms with E-state index in [2.05, 4.69) is 30.9 Å². The van der Waals surface area contributed by atoms with Crippen LogP contribution in [0.15, 0.2) is 6.33 Å². The van der Waals surface area contributed by atoms with E-state index in [4.69, 9.17) is 0 Å². The molecule has 0 radical (unpaired) electrons. The van der Waals surface area contributed by atoms with Gasteiger partial charge >= 0.3 is 0 Å². The van der Waals surface area contributed by atoms with Crippen molar-refractivity contribution in [1.29, 1.82) is 0 Å². The van der Waals surface area contributed by atoms with Crippen molar-refractivity contribution < 1.29 is 4.79 Å². The molecule has 2 aromatic rings. The van der Waals surface area contributed by atoms with Crippen molar-refractivity contribution in [2.45, 2.75) is 38.5 Å². The molecule has 0 atom stereocenters. The van der Waals surface area contributed by atoms with Crippen molar-refractivity contribution in [1.82, 2.24) is 30.3 Å². The van der Waals surface area contributed by atoms with E-state index in [0.29, 0.717) is 31.9 Å². The third-order valence-corrected chi connectivity index (χ3v) is 4.17. The number of aryl methyl sites for hydroxylation is 3. The summed E-state index contributed by atoms with van der Waals surface area (Å²) in [6.45, 7) is 1.18. The number of H-pyrrole nitrogens is 1. The fraction of sp³-hybridized carbons (Fsp3) is 0.600. The van der Waals surface area contributed by atoms with E-state index >= 15 is 0 Å². The van der Waals surface area contributed by atoms with Crippen LogP contribution in [0.25, 0.3) is 0 Å². The molecule has 8 heteroatoms. The molecule has 23 heavy (non-hydrogen) atoms. The van der Waals surface area contributed by atoms with Gasteiger partial charge in [0.15, 0.2) is 0 Å². The number of aromatic nitrogens is 5. The first-order chi connectivity index (χ1) is 11.2. The van der Waals surface area contributed by atoms with Crippen molar-refractivity contribution in [3.63, 3.8) is 0 Å². The second-order valence-electron chi connectivity index (χ2n) is 5.82. The maximum atomic E-state index is 11.9. The summed E-state index contributed by atoms with van der Waals surface area (Å²) in [5, 5.41) is 17.5. The minimum atomic E-state index is 0.0531. The minimum Gasteiger partial charge on any atom is -0.354 e. The van der Waals surface area contributed by atoms with Crippen molar-refractivity contribution >= 4 is 11.9 Å². The largest absolute Gasteiger partial charge is 0.354 e. The zero-order valence-electron chi connectivity index (χ0n) is 13.4. The summed E-state index contributed by atoms with van der Waals surface area (Å²) in [4.78, 5) is 16.0. The lowest BCUT2D eigenvalue weighted by Crippen LogP contribution is -2.29. The number of hydrogen-bond donors (Lipinski definition) is 3. The van der Waals surface area contributed by atoms with Crippen LogP contribution in [0.4, 0.5) is 5.95 Å². The van der Waals surface area contributed by atoms with E-state index in [1.807, 2.05) is 7.05 Å². The summed E-state index contributed by atoms with van der Waals surface area (Å²) < 4.78 is 1.66. The van der Waals surface area contributed by atoms with Gasteiger partial charge in [-0.25, -0.2) is 4.68 Å². The average molecular weight is 317 g/mol. The fourth-order valence-electron chi connectivity index (χ4n) is 2.91. The Bertz CT molecular complexity index is 661. The van der Waals surface area contributed by atoms with Crippen molar-refractivity contribution in [3.05, 3.63) is 23.3 Å².